The first-order chi connectivity index (χ1) is 9.62. The highest BCUT2D eigenvalue weighted by atomic mass is 16.5. The molecule has 1 rings (SSSR count). The number of nitrogens with zero attached hydrogens (tertiary/aromatic N) is 1. The summed E-state index contributed by atoms with van der Waals surface area (Å²) in [6.07, 6.45) is 1.17. The highest BCUT2D eigenvalue weighted by molar-refractivity contribution is 5.37. The van der Waals surface area contributed by atoms with E-state index in [1.807, 2.05) is 0 Å². The maximum Gasteiger partial charge on any atom is 0.123 e. The number of hydrogen-bond donors (Lipinski definition) is 1. The molecular weight excluding hydrogens is 248 g/mol. The van der Waals surface area contributed by atoms with Gasteiger partial charge in [-0.15, -0.1) is 0 Å². The molecule has 1 aromatic carbocycles. The van der Waals surface area contributed by atoms with Crippen molar-refractivity contribution in [2.24, 2.45) is 0 Å². The lowest BCUT2D eigenvalue weighted by atomic mass is 10.1. The van der Waals surface area contributed by atoms with Crippen LogP contribution in [0.15, 0.2) is 18.2 Å². The van der Waals surface area contributed by atoms with E-state index >= 15 is 0 Å². The van der Waals surface area contributed by atoms with Gasteiger partial charge in [0.15, 0.2) is 0 Å². The summed E-state index contributed by atoms with van der Waals surface area (Å²) in [4.78, 5) is 2.45. The zero-order chi connectivity index (χ0) is 15.0. The summed E-state index contributed by atoms with van der Waals surface area (Å²) in [7, 11) is 1.75. The molecular formula is C17H30N2O. The molecule has 114 valence electrons. The maximum atomic E-state index is 5.50. The summed E-state index contributed by atoms with van der Waals surface area (Å²) < 4.78 is 5.50. The molecule has 0 atom stereocenters. The molecule has 0 heterocycles. The van der Waals surface area contributed by atoms with Crippen molar-refractivity contribution < 1.29 is 4.74 Å². The second kappa shape index (κ2) is 8.98. The molecule has 0 unspecified atom stereocenters. The van der Waals surface area contributed by atoms with Crippen LogP contribution in [0, 0.1) is 0 Å². The summed E-state index contributed by atoms with van der Waals surface area (Å²) >= 11 is 0. The third kappa shape index (κ3) is 5.14. The first-order valence-electron chi connectivity index (χ1n) is 7.72. The smallest absolute Gasteiger partial charge is 0.123 e. The van der Waals surface area contributed by atoms with E-state index in [2.05, 4.69) is 56.1 Å². The molecule has 0 aliphatic heterocycles. The minimum Gasteiger partial charge on any atom is -0.496 e. The summed E-state index contributed by atoms with van der Waals surface area (Å²) in [5.41, 5.74) is 2.60. The van der Waals surface area contributed by atoms with Crippen LogP contribution in [0.4, 0.5) is 0 Å². The van der Waals surface area contributed by atoms with Gasteiger partial charge in [0.2, 0.25) is 0 Å². The van der Waals surface area contributed by atoms with Gasteiger partial charge in [0.25, 0.3) is 0 Å². The molecule has 0 spiro atoms. The third-order valence-electron chi connectivity index (χ3n) is 3.61. The van der Waals surface area contributed by atoms with Crippen molar-refractivity contribution in [3.63, 3.8) is 0 Å². The van der Waals surface area contributed by atoms with Crippen molar-refractivity contribution in [1.29, 1.82) is 0 Å². The van der Waals surface area contributed by atoms with Gasteiger partial charge in [-0.3, -0.25) is 4.90 Å². The molecule has 0 radical (unpaired) electrons. The van der Waals surface area contributed by atoms with Crippen LogP contribution >= 0.6 is 0 Å². The number of ether oxygens (including phenoxy) is 1. The van der Waals surface area contributed by atoms with E-state index in [9.17, 15) is 0 Å². The molecule has 1 aromatic rings. The Labute approximate surface area is 124 Å². The van der Waals surface area contributed by atoms with Gasteiger partial charge in [0.05, 0.1) is 7.11 Å². The van der Waals surface area contributed by atoms with Crippen molar-refractivity contribution in [3.8, 4) is 5.75 Å². The fraction of sp³-hybridized carbons (Fsp3) is 0.647. The number of nitrogens with one attached hydrogen (secondary N) is 1. The molecule has 0 amide bonds. The van der Waals surface area contributed by atoms with E-state index in [4.69, 9.17) is 4.74 Å². The van der Waals surface area contributed by atoms with Gasteiger partial charge < -0.3 is 10.1 Å². The van der Waals surface area contributed by atoms with E-state index in [0.717, 1.165) is 31.9 Å². The molecule has 0 saturated heterocycles. The predicted octanol–water partition coefficient (Wildman–Crippen LogP) is 3.43. The van der Waals surface area contributed by atoms with Crippen LogP contribution in [0.5, 0.6) is 5.75 Å². The normalized spacial score (nSPS) is 11.3. The zero-order valence-corrected chi connectivity index (χ0v) is 13.7. The van der Waals surface area contributed by atoms with Gasteiger partial charge in [-0.25, -0.2) is 0 Å². The van der Waals surface area contributed by atoms with E-state index in [0.29, 0.717) is 6.04 Å². The van der Waals surface area contributed by atoms with Crippen LogP contribution in [0.25, 0.3) is 0 Å². The molecule has 0 fully saturated rings. The Morgan fingerprint density at radius 1 is 1.25 bits per heavy atom. The average Bonchev–Trinajstić information content (AvgIpc) is 2.45. The van der Waals surface area contributed by atoms with Crippen molar-refractivity contribution in [3.05, 3.63) is 29.3 Å². The Kier molecular flexibility index (Phi) is 7.63. The van der Waals surface area contributed by atoms with Gasteiger partial charge >= 0.3 is 0 Å². The molecule has 0 aliphatic rings. The molecule has 1 N–H and O–H groups in total. The molecule has 0 aromatic heterocycles. The lowest BCUT2D eigenvalue weighted by Crippen LogP contribution is -2.30. The summed E-state index contributed by atoms with van der Waals surface area (Å²) in [5.74, 6) is 0.989. The first-order valence-corrected chi connectivity index (χ1v) is 7.72. The van der Waals surface area contributed by atoms with E-state index in [-0.39, 0.29) is 0 Å². The van der Waals surface area contributed by atoms with Gasteiger partial charge in [-0.2, -0.15) is 0 Å². The van der Waals surface area contributed by atoms with Gasteiger partial charge in [-0.1, -0.05) is 19.9 Å². The van der Waals surface area contributed by atoms with Gasteiger partial charge in [0.1, 0.15) is 5.75 Å². The van der Waals surface area contributed by atoms with Crippen LogP contribution in [0.1, 0.15) is 45.2 Å². The standard InChI is InChI=1S/C17H30N2O/c1-6-10-18-12-15-8-9-17(20-5)16(11-15)13-19(7-2)14(3)4/h8-9,11,14,18H,6-7,10,12-13H2,1-5H3. The number of methoxy groups -OCH3 is 1. The molecule has 3 nitrogen and oxygen atoms in total. The number of rotatable bonds is 9. The Morgan fingerprint density at radius 2 is 2.00 bits per heavy atom. The van der Waals surface area contributed by atoms with Crippen LogP contribution < -0.4 is 10.1 Å². The minimum atomic E-state index is 0.548. The molecule has 0 bridgehead atoms. The third-order valence-corrected chi connectivity index (χ3v) is 3.61. The Hall–Kier alpha value is -1.06. The number of benzene rings is 1. The van der Waals surface area contributed by atoms with Crippen LogP contribution in [-0.4, -0.2) is 31.1 Å². The van der Waals surface area contributed by atoms with Crippen molar-refractivity contribution in [1.82, 2.24) is 10.2 Å². The SMILES string of the molecule is CCCNCc1ccc(OC)c(CN(CC)C(C)C)c1. The Bertz CT molecular complexity index is 391. The van der Waals surface area contributed by atoms with Crippen LogP contribution in [0.2, 0.25) is 0 Å². The predicted molar refractivity (Wildman–Crippen MR) is 86.2 cm³/mol. The monoisotopic (exact) mass is 278 g/mol. The highest BCUT2D eigenvalue weighted by Crippen LogP contribution is 2.22. The van der Waals surface area contributed by atoms with Crippen LogP contribution in [-0.2, 0) is 13.1 Å². The number of hydrogen-bond acceptors (Lipinski definition) is 3. The topological polar surface area (TPSA) is 24.5 Å². The van der Waals surface area contributed by atoms with Gasteiger partial charge in [0, 0.05) is 24.7 Å². The van der Waals surface area contributed by atoms with Crippen molar-refractivity contribution in [2.45, 2.75) is 53.2 Å². The summed E-state index contributed by atoms with van der Waals surface area (Å²) in [6.45, 7) is 12.9. The molecule has 20 heavy (non-hydrogen) atoms. The van der Waals surface area contributed by atoms with E-state index < -0.39 is 0 Å². The van der Waals surface area contributed by atoms with Crippen molar-refractivity contribution in [2.75, 3.05) is 20.2 Å². The van der Waals surface area contributed by atoms with Gasteiger partial charge in [-0.05, 0) is 51.1 Å². The van der Waals surface area contributed by atoms with Crippen LogP contribution in [0.3, 0.4) is 0 Å². The average molecular weight is 278 g/mol. The minimum absolute atomic E-state index is 0.548. The molecule has 0 saturated carbocycles. The Morgan fingerprint density at radius 3 is 2.55 bits per heavy atom. The van der Waals surface area contributed by atoms with E-state index in [1.54, 1.807) is 7.11 Å². The highest BCUT2D eigenvalue weighted by Gasteiger charge is 2.12. The second-order valence-corrected chi connectivity index (χ2v) is 5.48. The quantitative estimate of drug-likeness (QED) is 0.700. The summed E-state index contributed by atoms with van der Waals surface area (Å²) in [6, 6.07) is 7.06. The lowest BCUT2D eigenvalue weighted by molar-refractivity contribution is 0.221. The van der Waals surface area contributed by atoms with Crippen molar-refractivity contribution >= 4 is 0 Å². The lowest BCUT2D eigenvalue weighted by Gasteiger charge is -2.26. The zero-order valence-electron chi connectivity index (χ0n) is 13.7. The Balaban J connectivity index is 2.82. The summed E-state index contributed by atoms with van der Waals surface area (Å²) in [5, 5.41) is 3.45. The molecule has 3 heteroatoms. The maximum absolute atomic E-state index is 5.50. The first kappa shape index (κ1) is 17.0. The second-order valence-electron chi connectivity index (χ2n) is 5.48. The molecule has 0 aliphatic carbocycles. The largest absolute Gasteiger partial charge is 0.496 e. The van der Waals surface area contributed by atoms with E-state index in [1.165, 1.54) is 17.5 Å². The fourth-order valence-corrected chi connectivity index (χ4v) is 2.35. The fourth-order valence-electron chi connectivity index (χ4n) is 2.35.